The van der Waals surface area contributed by atoms with Crippen molar-refractivity contribution in [3.63, 3.8) is 0 Å². The molecule has 0 aromatic carbocycles. The number of hydrogen-bond donors (Lipinski definition) is 2. The molecule has 1 fully saturated rings. The van der Waals surface area contributed by atoms with Crippen molar-refractivity contribution in [1.82, 2.24) is 5.32 Å². The topological polar surface area (TPSA) is 75.6 Å². The monoisotopic (exact) mass is 221 g/mol. The maximum absolute atomic E-state index is 10.7. The first-order chi connectivity index (χ1) is 6.13. The van der Waals surface area contributed by atoms with Gasteiger partial charge in [0.15, 0.2) is 0 Å². The summed E-state index contributed by atoms with van der Waals surface area (Å²) in [7, 11) is 0. The third-order valence-electron chi connectivity index (χ3n) is 1.84. The number of carboxylic acid groups (broad SMARTS) is 1. The SMILES string of the molecule is C=CC(=O)O[C@H]1CN[C@H](C(=O)O)C1.Cl. The Bertz CT molecular complexity index is 243. The summed E-state index contributed by atoms with van der Waals surface area (Å²) in [5, 5.41) is 11.3. The highest BCUT2D eigenvalue weighted by molar-refractivity contribution is 5.85. The summed E-state index contributed by atoms with van der Waals surface area (Å²) >= 11 is 0. The molecule has 0 saturated carbocycles. The van der Waals surface area contributed by atoms with E-state index in [-0.39, 0.29) is 18.5 Å². The van der Waals surface area contributed by atoms with Crippen LogP contribution >= 0.6 is 12.4 Å². The number of ether oxygens (including phenoxy) is 1. The van der Waals surface area contributed by atoms with Crippen molar-refractivity contribution in [1.29, 1.82) is 0 Å². The zero-order valence-electron chi connectivity index (χ0n) is 7.43. The lowest BCUT2D eigenvalue weighted by molar-refractivity contribution is -0.144. The highest BCUT2D eigenvalue weighted by Crippen LogP contribution is 2.10. The van der Waals surface area contributed by atoms with E-state index in [0.717, 1.165) is 6.08 Å². The van der Waals surface area contributed by atoms with Gasteiger partial charge < -0.3 is 15.2 Å². The number of esters is 1. The van der Waals surface area contributed by atoms with Crippen LogP contribution in [0.2, 0.25) is 0 Å². The Balaban J connectivity index is 0.00000169. The van der Waals surface area contributed by atoms with Crippen molar-refractivity contribution in [2.24, 2.45) is 0 Å². The van der Waals surface area contributed by atoms with Gasteiger partial charge >= 0.3 is 11.9 Å². The number of aliphatic carboxylic acids is 1. The molecule has 0 spiro atoms. The number of rotatable bonds is 3. The molecule has 0 amide bonds. The highest BCUT2D eigenvalue weighted by atomic mass is 35.5. The van der Waals surface area contributed by atoms with E-state index in [1.807, 2.05) is 0 Å². The van der Waals surface area contributed by atoms with Crippen LogP contribution in [-0.2, 0) is 14.3 Å². The molecular formula is C8H12ClNO4. The average molecular weight is 222 g/mol. The van der Waals surface area contributed by atoms with Gasteiger partial charge in [-0.3, -0.25) is 4.79 Å². The second-order valence-electron chi connectivity index (χ2n) is 2.80. The van der Waals surface area contributed by atoms with Crippen LogP contribution in [0.25, 0.3) is 0 Å². The molecule has 1 aliphatic heterocycles. The molecule has 0 aromatic heterocycles. The Labute approximate surface area is 87.5 Å². The Hall–Kier alpha value is -1.07. The normalized spacial score (nSPS) is 24.9. The first kappa shape index (κ1) is 12.9. The van der Waals surface area contributed by atoms with E-state index >= 15 is 0 Å². The molecule has 1 rings (SSSR count). The molecular weight excluding hydrogens is 210 g/mol. The number of carbonyl (C=O) groups excluding carboxylic acids is 1. The summed E-state index contributed by atoms with van der Waals surface area (Å²) in [5.41, 5.74) is 0. The zero-order chi connectivity index (χ0) is 9.84. The average Bonchev–Trinajstić information content (AvgIpc) is 2.52. The Morgan fingerprint density at radius 1 is 1.57 bits per heavy atom. The van der Waals surface area contributed by atoms with Crippen LogP contribution in [0.4, 0.5) is 0 Å². The zero-order valence-corrected chi connectivity index (χ0v) is 8.25. The molecule has 0 bridgehead atoms. The molecule has 2 N–H and O–H groups in total. The molecule has 1 aliphatic rings. The van der Waals surface area contributed by atoms with Gasteiger partial charge in [0.1, 0.15) is 12.1 Å². The summed E-state index contributed by atoms with van der Waals surface area (Å²) < 4.78 is 4.86. The third kappa shape index (κ3) is 3.35. The van der Waals surface area contributed by atoms with Gasteiger partial charge in [0, 0.05) is 19.0 Å². The molecule has 2 atom stereocenters. The minimum Gasteiger partial charge on any atom is -0.480 e. The number of carbonyl (C=O) groups is 2. The molecule has 5 nitrogen and oxygen atoms in total. The maximum atomic E-state index is 10.7. The summed E-state index contributed by atoms with van der Waals surface area (Å²) in [4.78, 5) is 21.2. The van der Waals surface area contributed by atoms with Crippen molar-refractivity contribution in [2.45, 2.75) is 18.6 Å². The van der Waals surface area contributed by atoms with Gasteiger partial charge in [0.05, 0.1) is 0 Å². The fraction of sp³-hybridized carbons (Fsp3) is 0.500. The Morgan fingerprint density at radius 2 is 2.21 bits per heavy atom. The van der Waals surface area contributed by atoms with Gasteiger partial charge in [0.2, 0.25) is 0 Å². The quantitative estimate of drug-likeness (QED) is 0.516. The largest absolute Gasteiger partial charge is 0.480 e. The van der Waals surface area contributed by atoms with E-state index in [2.05, 4.69) is 11.9 Å². The lowest BCUT2D eigenvalue weighted by Crippen LogP contribution is -2.30. The smallest absolute Gasteiger partial charge is 0.330 e. The van der Waals surface area contributed by atoms with E-state index < -0.39 is 18.0 Å². The molecule has 1 saturated heterocycles. The van der Waals surface area contributed by atoms with E-state index in [1.165, 1.54) is 0 Å². The summed E-state index contributed by atoms with van der Waals surface area (Å²) in [6, 6.07) is -0.609. The molecule has 0 aromatic rings. The lowest BCUT2D eigenvalue weighted by atomic mass is 10.2. The fourth-order valence-corrected chi connectivity index (χ4v) is 1.19. The first-order valence-electron chi connectivity index (χ1n) is 3.92. The number of halogens is 1. The van der Waals surface area contributed by atoms with E-state index in [0.29, 0.717) is 13.0 Å². The van der Waals surface area contributed by atoms with Gasteiger partial charge in [-0.2, -0.15) is 0 Å². The summed E-state index contributed by atoms with van der Waals surface area (Å²) in [5.74, 6) is -1.44. The van der Waals surface area contributed by atoms with Gasteiger partial charge in [-0.25, -0.2) is 4.79 Å². The van der Waals surface area contributed by atoms with Crippen LogP contribution in [0.5, 0.6) is 0 Å². The summed E-state index contributed by atoms with van der Waals surface area (Å²) in [6.07, 6.45) is 1.02. The highest BCUT2D eigenvalue weighted by Gasteiger charge is 2.30. The number of carboxylic acids is 1. The molecule has 6 heteroatoms. The maximum Gasteiger partial charge on any atom is 0.330 e. The Morgan fingerprint density at radius 3 is 2.64 bits per heavy atom. The standard InChI is InChI=1S/C8H11NO4.ClH/c1-2-7(10)13-5-3-6(8(11)12)9-4-5;/h2,5-6,9H,1,3-4H2,(H,11,12);1H/t5-,6+;/m1./s1. The number of nitrogens with one attached hydrogen (secondary N) is 1. The molecule has 0 aliphatic carbocycles. The lowest BCUT2D eigenvalue weighted by Gasteiger charge is -2.07. The summed E-state index contributed by atoms with van der Waals surface area (Å²) in [6.45, 7) is 3.63. The predicted octanol–water partition coefficient (Wildman–Crippen LogP) is -0.0475. The van der Waals surface area contributed by atoms with E-state index in [1.54, 1.807) is 0 Å². The van der Waals surface area contributed by atoms with Crippen LogP contribution < -0.4 is 5.32 Å². The minimum absolute atomic E-state index is 0. The van der Waals surface area contributed by atoms with Crippen LogP contribution in [-0.4, -0.2) is 35.7 Å². The fourth-order valence-electron chi connectivity index (χ4n) is 1.19. The number of hydrogen-bond acceptors (Lipinski definition) is 4. The van der Waals surface area contributed by atoms with Gasteiger partial charge in [-0.15, -0.1) is 12.4 Å². The van der Waals surface area contributed by atoms with Crippen molar-refractivity contribution in [3.8, 4) is 0 Å². The second-order valence-corrected chi connectivity index (χ2v) is 2.80. The molecule has 80 valence electrons. The van der Waals surface area contributed by atoms with E-state index in [4.69, 9.17) is 9.84 Å². The molecule has 0 unspecified atom stereocenters. The van der Waals surface area contributed by atoms with Crippen LogP contribution in [0.15, 0.2) is 12.7 Å². The van der Waals surface area contributed by atoms with Crippen LogP contribution in [0, 0.1) is 0 Å². The van der Waals surface area contributed by atoms with Crippen molar-refractivity contribution < 1.29 is 19.4 Å². The van der Waals surface area contributed by atoms with Gasteiger partial charge in [-0.05, 0) is 0 Å². The second kappa shape index (κ2) is 5.62. The molecule has 0 radical (unpaired) electrons. The van der Waals surface area contributed by atoms with Gasteiger partial charge in [-0.1, -0.05) is 6.58 Å². The van der Waals surface area contributed by atoms with Crippen molar-refractivity contribution in [3.05, 3.63) is 12.7 Å². The van der Waals surface area contributed by atoms with E-state index in [9.17, 15) is 9.59 Å². The minimum atomic E-state index is -0.919. The van der Waals surface area contributed by atoms with Crippen LogP contribution in [0.1, 0.15) is 6.42 Å². The molecule has 1 heterocycles. The molecule has 14 heavy (non-hydrogen) atoms. The van der Waals surface area contributed by atoms with Crippen LogP contribution in [0.3, 0.4) is 0 Å². The Kier molecular flexibility index (Phi) is 5.19. The first-order valence-corrected chi connectivity index (χ1v) is 3.92. The predicted molar refractivity (Wildman–Crippen MR) is 51.4 cm³/mol. The van der Waals surface area contributed by atoms with Crippen molar-refractivity contribution in [2.75, 3.05) is 6.54 Å². The van der Waals surface area contributed by atoms with Gasteiger partial charge in [0.25, 0.3) is 0 Å². The third-order valence-corrected chi connectivity index (χ3v) is 1.84. The van der Waals surface area contributed by atoms with Crippen molar-refractivity contribution >= 4 is 24.3 Å².